The Morgan fingerprint density at radius 1 is 1.37 bits per heavy atom. The maximum Gasteiger partial charge on any atom is 0.259 e. The Bertz CT molecular complexity index is 987. The molecule has 140 valence electrons. The minimum atomic E-state index is -0.477. The van der Waals surface area contributed by atoms with Crippen LogP contribution in [0.1, 0.15) is 16.1 Å². The number of aromatic nitrogens is 2. The minimum absolute atomic E-state index is 0.0357. The molecule has 1 saturated heterocycles. The molecule has 27 heavy (non-hydrogen) atoms. The molecule has 1 aliphatic rings. The van der Waals surface area contributed by atoms with E-state index in [0.29, 0.717) is 47.5 Å². The summed E-state index contributed by atoms with van der Waals surface area (Å²) in [5.41, 5.74) is 2.36. The van der Waals surface area contributed by atoms with Gasteiger partial charge in [0, 0.05) is 31.1 Å². The number of hydrogen-bond donors (Lipinski definition) is 3. The fraction of sp³-hybridized carbons (Fsp3) is 0.316. The molecule has 3 N–H and O–H groups in total. The van der Waals surface area contributed by atoms with Crippen molar-refractivity contribution in [3.8, 4) is 11.3 Å². The summed E-state index contributed by atoms with van der Waals surface area (Å²) in [6, 6.07) is 7.50. The van der Waals surface area contributed by atoms with Crippen LogP contribution in [0, 0.1) is 18.7 Å². The topological polar surface area (TPSA) is 100 Å². The number of carbonyl (C=O) groups is 1. The van der Waals surface area contributed by atoms with Gasteiger partial charge in [0.2, 0.25) is 0 Å². The van der Waals surface area contributed by atoms with E-state index in [1.165, 1.54) is 12.1 Å². The van der Waals surface area contributed by atoms with Crippen LogP contribution in [0.25, 0.3) is 22.4 Å². The van der Waals surface area contributed by atoms with E-state index < -0.39 is 6.10 Å². The Labute approximate surface area is 154 Å². The summed E-state index contributed by atoms with van der Waals surface area (Å²) in [5.74, 6) is -0.681. The molecule has 2 unspecified atom stereocenters. The van der Waals surface area contributed by atoms with Gasteiger partial charge in [0.15, 0.2) is 0 Å². The second kappa shape index (κ2) is 7.05. The first-order valence-corrected chi connectivity index (χ1v) is 8.73. The summed E-state index contributed by atoms with van der Waals surface area (Å²) < 4.78 is 18.5. The van der Waals surface area contributed by atoms with Crippen LogP contribution in [0.2, 0.25) is 0 Å². The number of β-amino-alcohol motifs (C(OH)–C–C–N with tert-alkyl or cyclic N) is 1. The average Bonchev–Trinajstić information content (AvgIpc) is 3.25. The van der Waals surface area contributed by atoms with Gasteiger partial charge >= 0.3 is 0 Å². The van der Waals surface area contributed by atoms with Crippen molar-refractivity contribution in [1.29, 1.82) is 0 Å². The summed E-state index contributed by atoms with van der Waals surface area (Å²) in [6.07, 6.45) is -0.477. The number of aliphatic hydroxyl groups excluding tert-OH is 1. The molecule has 3 aromatic rings. The molecule has 0 spiro atoms. The number of carbonyl (C=O) groups excluding carboxylic acids is 1. The molecule has 3 heterocycles. The van der Waals surface area contributed by atoms with E-state index in [-0.39, 0.29) is 23.4 Å². The Morgan fingerprint density at radius 3 is 2.85 bits per heavy atom. The van der Waals surface area contributed by atoms with Gasteiger partial charge in [0.05, 0.1) is 28.4 Å². The lowest BCUT2D eigenvalue weighted by Crippen LogP contribution is -2.34. The zero-order valence-electron chi connectivity index (χ0n) is 14.7. The van der Waals surface area contributed by atoms with Crippen molar-refractivity contribution >= 4 is 17.0 Å². The second-order valence-corrected chi connectivity index (χ2v) is 6.71. The highest BCUT2D eigenvalue weighted by molar-refractivity contribution is 6.07. The maximum absolute atomic E-state index is 13.2. The maximum atomic E-state index is 13.2. The summed E-state index contributed by atoms with van der Waals surface area (Å²) in [4.78, 5) is 17.2. The van der Waals surface area contributed by atoms with Crippen LogP contribution >= 0.6 is 0 Å². The molecule has 2 aromatic heterocycles. The quantitative estimate of drug-likeness (QED) is 0.646. The molecule has 0 radical (unpaired) electrons. The lowest BCUT2D eigenvalue weighted by atomic mass is 10.0. The van der Waals surface area contributed by atoms with Crippen LogP contribution in [-0.2, 0) is 0 Å². The third-order valence-corrected chi connectivity index (χ3v) is 4.83. The number of benzene rings is 1. The monoisotopic (exact) mass is 370 g/mol. The predicted molar refractivity (Wildman–Crippen MR) is 96.6 cm³/mol. The van der Waals surface area contributed by atoms with Gasteiger partial charge in [-0.1, -0.05) is 5.16 Å². The highest BCUT2D eigenvalue weighted by Gasteiger charge is 2.26. The van der Waals surface area contributed by atoms with E-state index in [4.69, 9.17) is 4.52 Å². The molecule has 1 fully saturated rings. The fourth-order valence-electron chi connectivity index (χ4n) is 3.29. The van der Waals surface area contributed by atoms with E-state index in [1.807, 2.05) is 0 Å². The Kier molecular flexibility index (Phi) is 4.59. The third-order valence-electron chi connectivity index (χ3n) is 4.83. The summed E-state index contributed by atoms with van der Waals surface area (Å²) >= 11 is 0. The lowest BCUT2D eigenvalue weighted by Gasteiger charge is -2.14. The first-order valence-electron chi connectivity index (χ1n) is 8.73. The average molecular weight is 370 g/mol. The molecule has 1 amide bonds. The van der Waals surface area contributed by atoms with E-state index in [2.05, 4.69) is 20.8 Å². The van der Waals surface area contributed by atoms with Gasteiger partial charge in [0.25, 0.3) is 11.6 Å². The van der Waals surface area contributed by atoms with Crippen molar-refractivity contribution in [1.82, 2.24) is 20.8 Å². The van der Waals surface area contributed by atoms with Crippen molar-refractivity contribution in [3.05, 3.63) is 47.4 Å². The summed E-state index contributed by atoms with van der Waals surface area (Å²) in [6.45, 7) is 3.28. The Morgan fingerprint density at radius 2 is 2.15 bits per heavy atom. The number of aryl methyl sites for hydroxylation is 1. The van der Waals surface area contributed by atoms with Crippen LogP contribution in [0.5, 0.6) is 0 Å². The minimum Gasteiger partial charge on any atom is -0.391 e. The van der Waals surface area contributed by atoms with Crippen LogP contribution in [-0.4, -0.2) is 46.9 Å². The van der Waals surface area contributed by atoms with Crippen molar-refractivity contribution in [2.45, 2.75) is 13.0 Å². The zero-order valence-corrected chi connectivity index (χ0v) is 14.7. The number of amides is 1. The SMILES string of the molecule is Cc1noc2nc(-c3ccc(F)cc3)cc(C(=O)NCC3CNCC3O)c12. The number of rotatable bonds is 4. The third kappa shape index (κ3) is 3.41. The van der Waals surface area contributed by atoms with Gasteiger partial charge in [-0.2, -0.15) is 0 Å². The van der Waals surface area contributed by atoms with Gasteiger partial charge in [-0.05, 0) is 37.3 Å². The first-order chi connectivity index (χ1) is 13.0. The van der Waals surface area contributed by atoms with E-state index >= 15 is 0 Å². The number of pyridine rings is 1. The highest BCUT2D eigenvalue weighted by Crippen LogP contribution is 2.27. The standard InChI is InChI=1S/C19H19FN4O3/c1-10-17-14(18(26)22-8-12-7-21-9-16(12)25)6-15(23-19(17)27-24-10)11-2-4-13(20)5-3-11/h2-6,12,16,21,25H,7-9H2,1H3,(H,22,26). The van der Waals surface area contributed by atoms with Gasteiger partial charge in [-0.15, -0.1) is 0 Å². The van der Waals surface area contributed by atoms with Gasteiger partial charge < -0.3 is 20.3 Å². The molecule has 2 atom stereocenters. The second-order valence-electron chi connectivity index (χ2n) is 6.71. The molecule has 1 aliphatic heterocycles. The van der Waals surface area contributed by atoms with E-state index in [9.17, 15) is 14.3 Å². The number of hydrogen-bond acceptors (Lipinski definition) is 6. The van der Waals surface area contributed by atoms with Crippen LogP contribution in [0.4, 0.5) is 4.39 Å². The summed E-state index contributed by atoms with van der Waals surface area (Å²) in [7, 11) is 0. The fourth-order valence-corrected chi connectivity index (χ4v) is 3.29. The van der Waals surface area contributed by atoms with Crippen molar-refractivity contribution in [2.75, 3.05) is 19.6 Å². The molecule has 1 aromatic carbocycles. The summed E-state index contributed by atoms with van der Waals surface area (Å²) in [5, 5.41) is 20.3. The Hall–Kier alpha value is -2.84. The van der Waals surface area contributed by atoms with Gasteiger partial charge in [-0.3, -0.25) is 4.79 Å². The lowest BCUT2D eigenvalue weighted by molar-refractivity contribution is 0.0928. The van der Waals surface area contributed by atoms with Gasteiger partial charge in [-0.25, -0.2) is 9.37 Å². The number of nitrogens with one attached hydrogen (secondary N) is 2. The molecule has 4 rings (SSSR count). The predicted octanol–water partition coefficient (Wildman–Crippen LogP) is 1.65. The van der Waals surface area contributed by atoms with Crippen molar-refractivity contribution < 1.29 is 18.8 Å². The van der Waals surface area contributed by atoms with Crippen LogP contribution in [0.15, 0.2) is 34.9 Å². The highest BCUT2D eigenvalue weighted by atomic mass is 19.1. The molecule has 7 nitrogen and oxygen atoms in total. The number of nitrogens with zero attached hydrogens (tertiary/aromatic N) is 2. The number of fused-ring (bicyclic) bond motifs is 1. The molecule has 8 heteroatoms. The molecular weight excluding hydrogens is 351 g/mol. The van der Waals surface area contributed by atoms with E-state index in [0.717, 1.165) is 0 Å². The Balaban J connectivity index is 1.68. The molecule has 0 bridgehead atoms. The van der Waals surface area contributed by atoms with Crippen LogP contribution in [0.3, 0.4) is 0 Å². The number of halogens is 1. The van der Waals surface area contributed by atoms with Gasteiger partial charge in [0.1, 0.15) is 5.82 Å². The zero-order chi connectivity index (χ0) is 19.0. The smallest absolute Gasteiger partial charge is 0.259 e. The molecule has 0 aliphatic carbocycles. The van der Waals surface area contributed by atoms with Crippen molar-refractivity contribution in [3.63, 3.8) is 0 Å². The van der Waals surface area contributed by atoms with Crippen LogP contribution < -0.4 is 10.6 Å². The van der Waals surface area contributed by atoms with E-state index in [1.54, 1.807) is 25.1 Å². The molecule has 0 saturated carbocycles. The largest absolute Gasteiger partial charge is 0.391 e. The number of aliphatic hydroxyl groups is 1. The molecular formula is C19H19FN4O3. The first kappa shape index (κ1) is 17.6. The van der Waals surface area contributed by atoms with Crippen molar-refractivity contribution in [2.24, 2.45) is 5.92 Å². The normalized spacial score (nSPS) is 19.5.